The largest absolute Gasteiger partial charge is 0.494 e. The summed E-state index contributed by atoms with van der Waals surface area (Å²) in [6.45, 7) is 4.97. The van der Waals surface area contributed by atoms with Gasteiger partial charge in [0.05, 0.1) is 26.3 Å². The third-order valence-electron chi connectivity index (χ3n) is 4.60. The molecular formula is C19H24N4O5. The van der Waals surface area contributed by atoms with Crippen LogP contribution in [0.25, 0.3) is 0 Å². The van der Waals surface area contributed by atoms with Gasteiger partial charge in [0, 0.05) is 6.42 Å². The number of benzene rings is 1. The standard InChI is InChI=1S/C19H24N4O5/c1-3-27-14-6-8-15(9-7-14)28-10-4-5-18(24)23-12-17-21-20-13(2)22(17)11-16(23)19(25)26/h6-9,16H,3-5,10-12H2,1-2H3,(H,25,26). The van der Waals surface area contributed by atoms with Crippen LogP contribution in [0.1, 0.15) is 31.4 Å². The maximum Gasteiger partial charge on any atom is 0.328 e. The molecule has 1 unspecified atom stereocenters. The molecule has 1 aromatic heterocycles. The lowest BCUT2D eigenvalue weighted by Crippen LogP contribution is -2.50. The molecular weight excluding hydrogens is 364 g/mol. The normalized spacial score (nSPS) is 15.8. The monoisotopic (exact) mass is 388 g/mol. The Kier molecular flexibility index (Phi) is 6.13. The molecule has 0 radical (unpaired) electrons. The molecule has 0 spiro atoms. The average Bonchev–Trinajstić information content (AvgIpc) is 3.05. The van der Waals surface area contributed by atoms with Crippen LogP contribution in [0.15, 0.2) is 24.3 Å². The molecule has 150 valence electrons. The van der Waals surface area contributed by atoms with E-state index < -0.39 is 12.0 Å². The smallest absolute Gasteiger partial charge is 0.328 e. The fraction of sp³-hybridized carbons (Fsp3) is 0.474. The summed E-state index contributed by atoms with van der Waals surface area (Å²) in [4.78, 5) is 25.6. The van der Waals surface area contributed by atoms with Gasteiger partial charge in [-0.15, -0.1) is 10.2 Å². The van der Waals surface area contributed by atoms with Gasteiger partial charge in [-0.1, -0.05) is 0 Å². The number of carbonyl (C=O) groups excluding carboxylic acids is 1. The Labute approximate surface area is 162 Å². The van der Waals surface area contributed by atoms with E-state index in [2.05, 4.69) is 10.2 Å². The molecule has 0 bridgehead atoms. The summed E-state index contributed by atoms with van der Waals surface area (Å²) in [5.74, 6) is 1.47. The highest BCUT2D eigenvalue weighted by Gasteiger charge is 2.35. The maximum atomic E-state index is 12.6. The summed E-state index contributed by atoms with van der Waals surface area (Å²) in [6, 6.07) is 6.36. The fourth-order valence-corrected chi connectivity index (χ4v) is 3.14. The Balaban J connectivity index is 1.51. The van der Waals surface area contributed by atoms with Gasteiger partial charge < -0.3 is 24.0 Å². The highest BCUT2D eigenvalue weighted by Crippen LogP contribution is 2.20. The summed E-state index contributed by atoms with van der Waals surface area (Å²) in [6.07, 6.45) is 0.689. The number of carboxylic acids is 1. The molecule has 0 fully saturated rings. The zero-order chi connectivity index (χ0) is 20.1. The molecule has 3 rings (SSSR count). The van der Waals surface area contributed by atoms with Crippen LogP contribution >= 0.6 is 0 Å². The van der Waals surface area contributed by atoms with Crippen molar-refractivity contribution < 1.29 is 24.2 Å². The SMILES string of the molecule is CCOc1ccc(OCCCC(=O)N2Cc3nnc(C)n3CC2C(=O)O)cc1. The molecule has 9 nitrogen and oxygen atoms in total. The lowest BCUT2D eigenvalue weighted by Gasteiger charge is -2.33. The first-order valence-electron chi connectivity index (χ1n) is 9.26. The highest BCUT2D eigenvalue weighted by molar-refractivity contribution is 5.83. The minimum Gasteiger partial charge on any atom is -0.494 e. The van der Waals surface area contributed by atoms with Crippen molar-refractivity contribution in [1.82, 2.24) is 19.7 Å². The molecule has 1 N–H and O–H groups in total. The van der Waals surface area contributed by atoms with E-state index in [1.165, 1.54) is 4.90 Å². The van der Waals surface area contributed by atoms with Gasteiger partial charge in [0.15, 0.2) is 5.82 Å². The summed E-state index contributed by atoms with van der Waals surface area (Å²) in [7, 11) is 0. The fourth-order valence-electron chi connectivity index (χ4n) is 3.14. The van der Waals surface area contributed by atoms with Crippen molar-refractivity contribution in [3.8, 4) is 11.5 Å². The van der Waals surface area contributed by atoms with Gasteiger partial charge in [-0.25, -0.2) is 4.79 Å². The molecule has 1 aromatic carbocycles. The van der Waals surface area contributed by atoms with E-state index in [1.54, 1.807) is 11.5 Å². The van der Waals surface area contributed by atoms with E-state index in [-0.39, 0.29) is 25.4 Å². The Bertz CT molecular complexity index is 833. The molecule has 0 saturated carbocycles. The number of aliphatic carboxylic acids is 1. The zero-order valence-electron chi connectivity index (χ0n) is 16.0. The number of nitrogens with zero attached hydrogens (tertiary/aromatic N) is 4. The van der Waals surface area contributed by atoms with Crippen LogP contribution in [0, 0.1) is 6.92 Å². The van der Waals surface area contributed by atoms with Gasteiger partial charge in [-0.3, -0.25) is 4.79 Å². The lowest BCUT2D eigenvalue weighted by atomic mass is 10.1. The summed E-state index contributed by atoms with van der Waals surface area (Å²) in [5, 5.41) is 17.5. The van der Waals surface area contributed by atoms with Crippen LogP contribution < -0.4 is 9.47 Å². The zero-order valence-corrected chi connectivity index (χ0v) is 16.0. The molecule has 2 heterocycles. The van der Waals surface area contributed by atoms with Gasteiger partial charge in [-0.05, 0) is 44.5 Å². The van der Waals surface area contributed by atoms with Crippen molar-refractivity contribution in [1.29, 1.82) is 0 Å². The van der Waals surface area contributed by atoms with E-state index in [9.17, 15) is 14.7 Å². The minimum absolute atomic E-state index is 0.149. The number of fused-ring (bicyclic) bond motifs is 1. The number of aryl methyl sites for hydroxylation is 1. The number of amides is 1. The third-order valence-corrected chi connectivity index (χ3v) is 4.60. The second-order valence-electron chi connectivity index (χ2n) is 6.51. The van der Waals surface area contributed by atoms with E-state index >= 15 is 0 Å². The highest BCUT2D eigenvalue weighted by atomic mass is 16.5. The second-order valence-corrected chi connectivity index (χ2v) is 6.51. The van der Waals surface area contributed by atoms with Crippen LogP contribution in [0.2, 0.25) is 0 Å². The first-order valence-corrected chi connectivity index (χ1v) is 9.26. The van der Waals surface area contributed by atoms with E-state index in [0.29, 0.717) is 37.0 Å². The van der Waals surface area contributed by atoms with Crippen molar-refractivity contribution in [2.24, 2.45) is 0 Å². The molecule has 2 aromatic rings. The average molecular weight is 388 g/mol. The molecule has 1 aliphatic rings. The topological polar surface area (TPSA) is 107 Å². The third kappa shape index (κ3) is 4.41. The molecule has 0 aliphatic carbocycles. The van der Waals surface area contributed by atoms with Crippen LogP contribution in [0.4, 0.5) is 0 Å². The van der Waals surface area contributed by atoms with Crippen LogP contribution in [0.3, 0.4) is 0 Å². The first kappa shape index (κ1) is 19.7. The Morgan fingerprint density at radius 1 is 1.18 bits per heavy atom. The van der Waals surface area contributed by atoms with Crippen molar-refractivity contribution in [3.63, 3.8) is 0 Å². The van der Waals surface area contributed by atoms with Crippen molar-refractivity contribution in [2.45, 2.75) is 45.8 Å². The molecule has 0 saturated heterocycles. The quantitative estimate of drug-likeness (QED) is 0.685. The predicted molar refractivity (Wildman–Crippen MR) is 99.1 cm³/mol. The predicted octanol–water partition coefficient (Wildman–Crippen LogP) is 1.64. The Morgan fingerprint density at radius 3 is 2.50 bits per heavy atom. The Hall–Kier alpha value is -3.10. The van der Waals surface area contributed by atoms with Crippen LogP contribution in [-0.2, 0) is 22.7 Å². The number of aromatic nitrogens is 3. The van der Waals surface area contributed by atoms with Gasteiger partial charge in [-0.2, -0.15) is 0 Å². The number of carboxylic acid groups (broad SMARTS) is 1. The molecule has 1 amide bonds. The second kappa shape index (κ2) is 8.73. The van der Waals surface area contributed by atoms with Crippen LogP contribution in [0.5, 0.6) is 11.5 Å². The van der Waals surface area contributed by atoms with Gasteiger partial charge >= 0.3 is 5.97 Å². The van der Waals surface area contributed by atoms with Crippen LogP contribution in [-0.4, -0.2) is 55.9 Å². The number of hydrogen-bond donors (Lipinski definition) is 1. The molecule has 28 heavy (non-hydrogen) atoms. The number of hydrogen-bond acceptors (Lipinski definition) is 6. The Morgan fingerprint density at radius 2 is 1.86 bits per heavy atom. The molecule has 9 heteroatoms. The van der Waals surface area contributed by atoms with Gasteiger partial charge in [0.2, 0.25) is 5.91 Å². The van der Waals surface area contributed by atoms with E-state index in [4.69, 9.17) is 9.47 Å². The number of carbonyl (C=O) groups is 2. The van der Waals surface area contributed by atoms with Crippen molar-refractivity contribution in [2.75, 3.05) is 13.2 Å². The first-order chi connectivity index (χ1) is 13.5. The van der Waals surface area contributed by atoms with Crippen molar-refractivity contribution in [3.05, 3.63) is 35.9 Å². The van der Waals surface area contributed by atoms with Crippen molar-refractivity contribution >= 4 is 11.9 Å². The maximum absolute atomic E-state index is 12.6. The summed E-state index contributed by atoms with van der Waals surface area (Å²) in [5.41, 5.74) is 0. The number of ether oxygens (including phenoxy) is 2. The minimum atomic E-state index is -1.03. The van der Waals surface area contributed by atoms with E-state index in [0.717, 1.165) is 5.75 Å². The molecule has 1 aliphatic heterocycles. The van der Waals surface area contributed by atoms with Gasteiger partial charge in [0.1, 0.15) is 23.4 Å². The van der Waals surface area contributed by atoms with E-state index in [1.807, 2.05) is 31.2 Å². The lowest BCUT2D eigenvalue weighted by molar-refractivity contribution is -0.152. The number of rotatable bonds is 8. The summed E-state index contributed by atoms with van der Waals surface area (Å²) < 4.78 is 12.8. The summed E-state index contributed by atoms with van der Waals surface area (Å²) >= 11 is 0. The van der Waals surface area contributed by atoms with Gasteiger partial charge in [0.25, 0.3) is 0 Å². The molecule has 1 atom stereocenters.